The number of halogens is 2. The van der Waals surface area contributed by atoms with Crippen LogP contribution in [0.1, 0.15) is 20.8 Å². The van der Waals surface area contributed by atoms with Gasteiger partial charge in [-0.05, 0) is 26.3 Å². The van der Waals surface area contributed by atoms with Gasteiger partial charge in [-0.2, -0.15) is 0 Å². The lowest BCUT2D eigenvalue weighted by Crippen LogP contribution is -2.50. The van der Waals surface area contributed by atoms with Crippen LogP contribution >= 0.6 is 0 Å². The van der Waals surface area contributed by atoms with Crippen LogP contribution in [0.15, 0.2) is 17.2 Å². The van der Waals surface area contributed by atoms with Crippen molar-refractivity contribution in [3.8, 4) is 0 Å². The molecule has 31 heavy (non-hydrogen) atoms. The molecule has 12 heteroatoms. The van der Waals surface area contributed by atoms with Gasteiger partial charge >= 0.3 is 12.2 Å². The lowest BCUT2D eigenvalue weighted by atomic mass is 10.1. The van der Waals surface area contributed by atoms with Crippen molar-refractivity contribution in [1.82, 2.24) is 4.90 Å². The minimum atomic E-state index is -0.844. The molecule has 2 amide bonds. The van der Waals surface area contributed by atoms with E-state index in [2.05, 4.69) is 10.0 Å². The minimum Gasteiger partial charge on any atom is -0.447 e. The number of carbonyl (C=O) groups excluding carboxylic acids is 2. The standard InChI is InChI=1S/C19H24F2N6O4/c1-19(2,3)31-17(28)26-6-4-25(5-7-26)16-14(20)8-12(9-15(16)21)27-13(10-23-24-22)11-30-18(27)29/h8-9,13H,4-7,10-11H2,1-3H3/t13-/m1/s1. The molecule has 168 valence electrons. The van der Waals surface area contributed by atoms with Crippen LogP contribution in [0.2, 0.25) is 0 Å². The van der Waals surface area contributed by atoms with E-state index in [1.54, 1.807) is 20.8 Å². The summed E-state index contributed by atoms with van der Waals surface area (Å²) in [4.78, 5) is 30.9. The van der Waals surface area contributed by atoms with Crippen LogP contribution in [0.4, 0.5) is 29.7 Å². The van der Waals surface area contributed by atoms with Gasteiger partial charge in [0, 0.05) is 43.2 Å². The molecule has 1 aromatic rings. The maximum absolute atomic E-state index is 14.9. The smallest absolute Gasteiger partial charge is 0.414 e. The molecular weight excluding hydrogens is 414 g/mol. The number of anilines is 2. The molecule has 0 bridgehead atoms. The van der Waals surface area contributed by atoms with Crippen molar-refractivity contribution >= 4 is 23.6 Å². The zero-order chi connectivity index (χ0) is 22.8. The van der Waals surface area contributed by atoms with Crippen LogP contribution < -0.4 is 9.80 Å². The van der Waals surface area contributed by atoms with Crippen molar-refractivity contribution in [2.24, 2.45) is 5.11 Å². The van der Waals surface area contributed by atoms with Gasteiger partial charge in [-0.3, -0.25) is 4.90 Å². The van der Waals surface area contributed by atoms with Gasteiger partial charge in [-0.25, -0.2) is 18.4 Å². The Balaban J connectivity index is 1.74. The fourth-order valence-corrected chi connectivity index (χ4v) is 3.47. The first-order chi connectivity index (χ1) is 14.6. The first-order valence-electron chi connectivity index (χ1n) is 9.79. The van der Waals surface area contributed by atoms with Gasteiger partial charge < -0.3 is 19.3 Å². The van der Waals surface area contributed by atoms with Crippen molar-refractivity contribution < 1.29 is 27.8 Å². The maximum atomic E-state index is 14.9. The maximum Gasteiger partial charge on any atom is 0.414 e. The van der Waals surface area contributed by atoms with Crippen molar-refractivity contribution in [1.29, 1.82) is 0 Å². The average molecular weight is 438 g/mol. The number of ether oxygens (including phenoxy) is 2. The lowest BCUT2D eigenvalue weighted by molar-refractivity contribution is 0.0240. The van der Waals surface area contributed by atoms with E-state index in [9.17, 15) is 18.4 Å². The summed E-state index contributed by atoms with van der Waals surface area (Å²) in [5.74, 6) is -1.69. The van der Waals surface area contributed by atoms with Crippen LogP contribution in [-0.2, 0) is 9.47 Å². The Hall–Kier alpha value is -3.27. The Bertz CT molecular complexity index is 884. The van der Waals surface area contributed by atoms with Crippen LogP contribution in [0, 0.1) is 11.6 Å². The van der Waals surface area contributed by atoms with Crippen molar-refractivity contribution in [2.45, 2.75) is 32.4 Å². The van der Waals surface area contributed by atoms with E-state index in [1.165, 1.54) is 9.80 Å². The molecule has 0 unspecified atom stereocenters. The molecule has 2 heterocycles. The Kier molecular flexibility index (Phi) is 6.40. The molecule has 1 atom stereocenters. The summed E-state index contributed by atoms with van der Waals surface area (Å²) in [6.07, 6.45) is -1.24. The predicted octanol–water partition coefficient (Wildman–Crippen LogP) is 3.66. The normalized spacial score (nSPS) is 19.2. The van der Waals surface area contributed by atoms with E-state index in [-0.39, 0.29) is 50.7 Å². The number of hydrogen-bond acceptors (Lipinski definition) is 6. The third kappa shape index (κ3) is 5.08. The SMILES string of the molecule is CC(C)(C)OC(=O)N1CCN(c2c(F)cc(N3C(=O)OC[C@H]3CN=[N+]=[N-])cc2F)CC1. The number of carbonyl (C=O) groups is 2. The molecule has 0 spiro atoms. The molecule has 2 aliphatic rings. The molecule has 0 radical (unpaired) electrons. The molecule has 2 aliphatic heterocycles. The van der Waals surface area contributed by atoms with Gasteiger partial charge in [-0.1, -0.05) is 5.11 Å². The number of amides is 2. The van der Waals surface area contributed by atoms with Crippen molar-refractivity contribution in [3.63, 3.8) is 0 Å². The van der Waals surface area contributed by atoms with Crippen molar-refractivity contribution in [2.75, 3.05) is 49.1 Å². The fraction of sp³-hybridized carbons (Fsp3) is 0.579. The van der Waals surface area contributed by atoms with E-state index in [0.717, 1.165) is 17.0 Å². The summed E-state index contributed by atoms with van der Waals surface area (Å²) in [5, 5.41) is 3.41. The van der Waals surface area contributed by atoms with E-state index < -0.39 is 35.5 Å². The largest absolute Gasteiger partial charge is 0.447 e. The minimum absolute atomic E-state index is 0.0215. The van der Waals surface area contributed by atoms with Gasteiger partial charge in [0.05, 0.1) is 18.3 Å². The highest BCUT2D eigenvalue weighted by atomic mass is 19.1. The zero-order valence-corrected chi connectivity index (χ0v) is 17.5. The second kappa shape index (κ2) is 8.84. The molecule has 0 saturated carbocycles. The summed E-state index contributed by atoms with van der Waals surface area (Å²) in [7, 11) is 0. The summed E-state index contributed by atoms with van der Waals surface area (Å²) < 4.78 is 40.0. The van der Waals surface area contributed by atoms with E-state index in [0.29, 0.717) is 0 Å². The molecule has 2 fully saturated rings. The third-order valence-corrected chi connectivity index (χ3v) is 4.84. The molecule has 3 rings (SSSR count). The zero-order valence-electron chi connectivity index (χ0n) is 17.5. The molecule has 1 aromatic carbocycles. The average Bonchev–Trinajstić information content (AvgIpc) is 3.05. The highest BCUT2D eigenvalue weighted by molar-refractivity contribution is 5.90. The number of nitrogens with zero attached hydrogens (tertiary/aromatic N) is 6. The van der Waals surface area contributed by atoms with Crippen LogP contribution in [-0.4, -0.2) is 68.1 Å². The van der Waals surface area contributed by atoms with Crippen LogP contribution in [0.5, 0.6) is 0 Å². The highest BCUT2D eigenvalue weighted by Gasteiger charge is 2.35. The fourth-order valence-electron chi connectivity index (χ4n) is 3.47. The molecule has 0 N–H and O–H groups in total. The second-order valence-electron chi connectivity index (χ2n) is 8.23. The lowest BCUT2D eigenvalue weighted by Gasteiger charge is -2.37. The Labute approximate surface area is 177 Å². The first kappa shape index (κ1) is 22.4. The summed E-state index contributed by atoms with van der Waals surface area (Å²) >= 11 is 0. The molecule has 10 nitrogen and oxygen atoms in total. The number of rotatable bonds is 4. The van der Waals surface area contributed by atoms with Gasteiger partial charge in [-0.15, -0.1) is 0 Å². The van der Waals surface area contributed by atoms with Gasteiger partial charge in [0.25, 0.3) is 0 Å². The van der Waals surface area contributed by atoms with Gasteiger partial charge in [0.1, 0.15) is 17.9 Å². The first-order valence-corrected chi connectivity index (χ1v) is 9.79. The van der Waals surface area contributed by atoms with Crippen LogP contribution in [0.25, 0.3) is 10.4 Å². The number of cyclic esters (lactones) is 1. The van der Waals surface area contributed by atoms with Crippen molar-refractivity contribution in [3.05, 3.63) is 34.2 Å². The molecular formula is C19H24F2N6O4. The number of hydrogen-bond donors (Lipinski definition) is 0. The van der Waals surface area contributed by atoms with Crippen LogP contribution in [0.3, 0.4) is 0 Å². The second-order valence-corrected chi connectivity index (χ2v) is 8.23. The molecule has 2 saturated heterocycles. The number of piperazine rings is 1. The number of azide groups is 1. The predicted molar refractivity (Wildman–Crippen MR) is 108 cm³/mol. The number of benzene rings is 1. The molecule has 0 aliphatic carbocycles. The highest BCUT2D eigenvalue weighted by Crippen LogP contribution is 2.32. The quantitative estimate of drug-likeness (QED) is 0.405. The van der Waals surface area contributed by atoms with E-state index in [1.807, 2.05) is 0 Å². The van der Waals surface area contributed by atoms with E-state index in [4.69, 9.17) is 15.0 Å². The monoisotopic (exact) mass is 438 g/mol. The van der Waals surface area contributed by atoms with E-state index >= 15 is 0 Å². The summed E-state index contributed by atoms with van der Waals surface area (Å²) in [6, 6.07) is 1.45. The molecule has 0 aromatic heterocycles. The third-order valence-electron chi connectivity index (χ3n) is 4.84. The Morgan fingerprint density at radius 1 is 1.26 bits per heavy atom. The topological polar surface area (TPSA) is 111 Å². The van der Waals surface area contributed by atoms with Gasteiger partial charge in [0.2, 0.25) is 0 Å². The summed E-state index contributed by atoms with van der Waals surface area (Å²) in [5.41, 5.74) is 7.60. The van der Waals surface area contributed by atoms with Gasteiger partial charge in [0.15, 0.2) is 11.6 Å². The Morgan fingerprint density at radius 2 is 1.87 bits per heavy atom. The summed E-state index contributed by atoms with van der Waals surface area (Å²) in [6.45, 7) is 6.11. The Morgan fingerprint density at radius 3 is 2.42 bits per heavy atom.